The van der Waals surface area contributed by atoms with Crippen LogP contribution in [0.1, 0.15) is 303 Å². The lowest BCUT2D eigenvalue weighted by atomic mass is 10.0. The van der Waals surface area contributed by atoms with Gasteiger partial charge >= 0.3 is 0 Å². The second kappa shape index (κ2) is 47.8. The molecule has 3 N–H and O–H groups in total. The second-order valence-electron chi connectivity index (χ2n) is 18.0. The van der Waals surface area contributed by atoms with Crippen LogP contribution in [0.15, 0.2) is 0 Å². The number of aliphatic hydroxyl groups excluding tert-OH is 2. The van der Waals surface area contributed by atoms with E-state index >= 15 is 0 Å². The molecule has 0 aliphatic rings. The first-order valence-corrected chi connectivity index (χ1v) is 25.7. The molecule has 0 saturated carbocycles. The van der Waals surface area contributed by atoms with E-state index in [4.69, 9.17) is 0 Å². The van der Waals surface area contributed by atoms with Crippen LogP contribution in [0.3, 0.4) is 0 Å². The number of carbonyl (C=O) groups is 1. The highest BCUT2D eigenvalue weighted by Crippen LogP contribution is 2.18. The number of carbonyl (C=O) groups excluding carboxylic acids is 1. The first-order chi connectivity index (χ1) is 27.2. The van der Waals surface area contributed by atoms with Gasteiger partial charge in [-0.1, -0.05) is 284 Å². The SMILES string of the molecule is CCCCCCCCCCCCCCCCCCCCCCCCCCCCCCCCC(=O)N[C@@H](CO)[C@H](O)CCCCCCCCCCCCCCC. The Morgan fingerprint density at radius 2 is 0.582 bits per heavy atom. The van der Waals surface area contributed by atoms with E-state index in [1.807, 2.05) is 0 Å². The number of hydrogen-bond acceptors (Lipinski definition) is 3. The van der Waals surface area contributed by atoms with Crippen LogP contribution >= 0.6 is 0 Å². The summed E-state index contributed by atoms with van der Waals surface area (Å²) in [7, 11) is 0. The number of hydrogen-bond donors (Lipinski definition) is 3. The molecule has 0 rings (SSSR count). The predicted octanol–water partition coefficient (Wildman–Crippen LogP) is 16.4. The van der Waals surface area contributed by atoms with Crippen LogP contribution in [-0.2, 0) is 4.79 Å². The maximum absolute atomic E-state index is 12.4. The van der Waals surface area contributed by atoms with Gasteiger partial charge in [0.25, 0.3) is 0 Å². The summed E-state index contributed by atoms with van der Waals surface area (Å²) in [5, 5.41) is 23.2. The van der Waals surface area contributed by atoms with Crippen LogP contribution < -0.4 is 5.32 Å². The summed E-state index contributed by atoms with van der Waals surface area (Å²) in [6.07, 6.45) is 59.4. The molecule has 0 saturated heterocycles. The van der Waals surface area contributed by atoms with Gasteiger partial charge in [-0.2, -0.15) is 0 Å². The minimum Gasteiger partial charge on any atom is -0.394 e. The van der Waals surface area contributed by atoms with E-state index in [9.17, 15) is 15.0 Å². The normalized spacial score (nSPS) is 12.7. The van der Waals surface area contributed by atoms with Gasteiger partial charge in [-0.25, -0.2) is 0 Å². The summed E-state index contributed by atoms with van der Waals surface area (Å²) in [5.41, 5.74) is 0. The average Bonchev–Trinajstić information content (AvgIpc) is 3.19. The molecule has 0 aromatic rings. The lowest BCUT2D eigenvalue weighted by Gasteiger charge is -2.22. The average molecular weight is 778 g/mol. The van der Waals surface area contributed by atoms with Gasteiger partial charge in [0.05, 0.1) is 18.8 Å². The highest BCUT2D eigenvalue weighted by atomic mass is 16.3. The van der Waals surface area contributed by atoms with Crippen molar-refractivity contribution >= 4 is 5.91 Å². The number of nitrogens with one attached hydrogen (secondary N) is 1. The first kappa shape index (κ1) is 54.4. The fourth-order valence-corrected chi connectivity index (χ4v) is 8.42. The smallest absolute Gasteiger partial charge is 0.220 e. The molecule has 0 fully saturated rings. The minimum atomic E-state index is -0.653. The molecular weight excluding hydrogens is 675 g/mol. The molecule has 0 unspecified atom stereocenters. The lowest BCUT2D eigenvalue weighted by Crippen LogP contribution is -2.45. The molecule has 1 amide bonds. The Labute approximate surface area is 346 Å². The van der Waals surface area contributed by atoms with Crippen LogP contribution in [0.25, 0.3) is 0 Å². The quantitative estimate of drug-likeness (QED) is 0.0539. The van der Waals surface area contributed by atoms with E-state index in [2.05, 4.69) is 19.2 Å². The van der Waals surface area contributed by atoms with Gasteiger partial charge in [0.1, 0.15) is 0 Å². The Morgan fingerprint density at radius 1 is 0.364 bits per heavy atom. The van der Waals surface area contributed by atoms with Crippen molar-refractivity contribution in [2.75, 3.05) is 6.61 Å². The van der Waals surface area contributed by atoms with Gasteiger partial charge in [0.2, 0.25) is 5.91 Å². The molecule has 0 aromatic heterocycles. The molecule has 0 radical (unpaired) electrons. The molecule has 0 aromatic carbocycles. The highest BCUT2D eigenvalue weighted by molar-refractivity contribution is 5.76. The van der Waals surface area contributed by atoms with Crippen LogP contribution in [0, 0.1) is 0 Å². The van der Waals surface area contributed by atoms with Gasteiger partial charge in [-0.3, -0.25) is 4.79 Å². The third-order valence-electron chi connectivity index (χ3n) is 12.4. The number of unbranched alkanes of at least 4 members (excludes halogenated alkanes) is 41. The maximum Gasteiger partial charge on any atom is 0.220 e. The minimum absolute atomic E-state index is 0.0244. The summed E-state index contributed by atoms with van der Waals surface area (Å²) in [6.45, 7) is 4.39. The van der Waals surface area contributed by atoms with Crippen molar-refractivity contribution in [3.8, 4) is 0 Å². The van der Waals surface area contributed by atoms with E-state index < -0.39 is 12.1 Å². The van der Waals surface area contributed by atoms with Gasteiger partial charge in [0.15, 0.2) is 0 Å². The standard InChI is InChI=1S/C51H103NO3/c1-3-5-7-9-11-13-15-17-18-19-20-21-22-23-24-25-26-27-28-29-30-31-32-33-35-37-39-41-43-45-47-51(55)52-49(48-53)50(54)46-44-42-40-38-36-34-16-14-12-10-8-6-4-2/h49-50,53-54H,3-48H2,1-2H3,(H,52,55)/t49-,50+/m0/s1. The third kappa shape index (κ3) is 44.3. The zero-order chi connectivity index (χ0) is 40.0. The van der Waals surface area contributed by atoms with E-state index in [0.717, 1.165) is 25.7 Å². The van der Waals surface area contributed by atoms with Crippen LogP contribution in [0.2, 0.25) is 0 Å². The highest BCUT2D eigenvalue weighted by Gasteiger charge is 2.20. The van der Waals surface area contributed by atoms with Crippen molar-refractivity contribution in [3.05, 3.63) is 0 Å². The largest absolute Gasteiger partial charge is 0.394 e. The fraction of sp³-hybridized carbons (Fsp3) is 0.980. The van der Waals surface area contributed by atoms with E-state index in [1.165, 1.54) is 250 Å². The number of amides is 1. The lowest BCUT2D eigenvalue weighted by molar-refractivity contribution is -0.123. The second-order valence-corrected chi connectivity index (χ2v) is 18.0. The maximum atomic E-state index is 12.4. The van der Waals surface area contributed by atoms with Crippen molar-refractivity contribution in [2.24, 2.45) is 0 Å². The molecule has 0 bridgehead atoms. The van der Waals surface area contributed by atoms with Gasteiger partial charge in [0, 0.05) is 6.42 Å². The summed E-state index contributed by atoms with van der Waals surface area (Å²) in [6, 6.07) is -0.529. The van der Waals surface area contributed by atoms with E-state index in [0.29, 0.717) is 12.8 Å². The van der Waals surface area contributed by atoms with Crippen molar-refractivity contribution in [2.45, 2.75) is 315 Å². The molecule has 0 aliphatic heterocycles. The summed E-state index contributed by atoms with van der Waals surface area (Å²) in [5.74, 6) is -0.0244. The molecule has 4 heteroatoms. The zero-order valence-corrected chi connectivity index (χ0v) is 38.0. The topological polar surface area (TPSA) is 69.6 Å². The third-order valence-corrected chi connectivity index (χ3v) is 12.4. The zero-order valence-electron chi connectivity index (χ0n) is 38.0. The molecule has 330 valence electrons. The Hall–Kier alpha value is -0.610. The fourth-order valence-electron chi connectivity index (χ4n) is 8.42. The van der Waals surface area contributed by atoms with Crippen LogP contribution in [-0.4, -0.2) is 34.9 Å². The van der Waals surface area contributed by atoms with E-state index in [-0.39, 0.29) is 12.5 Å². The first-order valence-electron chi connectivity index (χ1n) is 25.7. The van der Waals surface area contributed by atoms with Crippen molar-refractivity contribution in [3.63, 3.8) is 0 Å². The number of rotatable bonds is 48. The predicted molar refractivity (Wildman–Crippen MR) is 244 cm³/mol. The van der Waals surface area contributed by atoms with E-state index in [1.54, 1.807) is 0 Å². The molecule has 0 heterocycles. The van der Waals surface area contributed by atoms with Gasteiger partial charge < -0.3 is 15.5 Å². The number of aliphatic hydroxyl groups is 2. The van der Waals surface area contributed by atoms with Crippen molar-refractivity contribution in [1.29, 1.82) is 0 Å². The Kier molecular flexibility index (Phi) is 47.2. The molecule has 55 heavy (non-hydrogen) atoms. The summed E-state index contributed by atoms with van der Waals surface area (Å²) in [4.78, 5) is 12.4. The molecule has 2 atom stereocenters. The molecule has 4 nitrogen and oxygen atoms in total. The Balaban J connectivity index is 3.36. The van der Waals surface area contributed by atoms with Gasteiger partial charge in [-0.05, 0) is 12.8 Å². The molecule has 0 spiro atoms. The Morgan fingerprint density at radius 3 is 0.818 bits per heavy atom. The summed E-state index contributed by atoms with van der Waals surface area (Å²) < 4.78 is 0. The molecular formula is C51H103NO3. The van der Waals surface area contributed by atoms with Crippen molar-refractivity contribution in [1.82, 2.24) is 5.32 Å². The van der Waals surface area contributed by atoms with Gasteiger partial charge in [-0.15, -0.1) is 0 Å². The van der Waals surface area contributed by atoms with Crippen LogP contribution in [0.5, 0.6) is 0 Å². The summed E-state index contributed by atoms with van der Waals surface area (Å²) >= 11 is 0. The van der Waals surface area contributed by atoms with Crippen LogP contribution in [0.4, 0.5) is 0 Å². The van der Waals surface area contributed by atoms with Crippen molar-refractivity contribution < 1.29 is 15.0 Å². The Bertz CT molecular complexity index is 714. The monoisotopic (exact) mass is 778 g/mol. The molecule has 0 aliphatic carbocycles.